The molecule has 0 spiro atoms. The van der Waals surface area contributed by atoms with Gasteiger partial charge >= 0.3 is 0 Å². The summed E-state index contributed by atoms with van der Waals surface area (Å²) in [5.41, 5.74) is 4.17. The van der Waals surface area contributed by atoms with Crippen LogP contribution in [0.25, 0.3) is 6.08 Å². The Bertz CT molecular complexity index is 762. The van der Waals surface area contributed by atoms with Crippen LogP contribution < -0.4 is 4.90 Å². The van der Waals surface area contributed by atoms with Crippen molar-refractivity contribution in [2.45, 2.75) is 0 Å². The van der Waals surface area contributed by atoms with E-state index in [2.05, 4.69) is 23.6 Å². The number of rotatable bonds is 4. The van der Waals surface area contributed by atoms with Gasteiger partial charge in [0.15, 0.2) is 0 Å². The van der Waals surface area contributed by atoms with Gasteiger partial charge in [-0.25, -0.2) is 0 Å². The maximum atomic E-state index is 6.03. The van der Waals surface area contributed by atoms with E-state index in [1.54, 1.807) is 0 Å². The van der Waals surface area contributed by atoms with E-state index in [0.717, 1.165) is 22.6 Å². The van der Waals surface area contributed by atoms with Crippen molar-refractivity contribution in [3.63, 3.8) is 0 Å². The molecule has 0 N–H and O–H groups in total. The Hall–Kier alpha value is -2.22. The molecule has 3 aromatic carbocycles. The van der Waals surface area contributed by atoms with Gasteiger partial charge in [-0.3, -0.25) is 0 Å². The molecule has 114 valence electrons. The predicted molar refractivity (Wildman–Crippen MR) is 101 cm³/mol. The van der Waals surface area contributed by atoms with Crippen molar-refractivity contribution < 1.29 is 0 Å². The fourth-order valence-electron chi connectivity index (χ4n) is 2.42. The van der Waals surface area contributed by atoms with Crippen LogP contribution in [-0.4, -0.2) is 0 Å². The van der Waals surface area contributed by atoms with E-state index in [9.17, 15) is 0 Å². The molecule has 0 unspecified atom stereocenters. The molecule has 0 aromatic heterocycles. The summed E-state index contributed by atoms with van der Waals surface area (Å²) in [4.78, 5) is 2.15. The molecule has 0 amide bonds. The molecule has 3 aromatic rings. The normalized spacial score (nSPS) is 10.3. The standard InChI is InChI=1S/C20H15Cl2N/c1-2-15-4-3-5-20(14-15)23(18-10-6-16(21)7-11-18)19-12-8-17(22)9-13-19/h2-14H,1H2. The molecule has 0 saturated carbocycles. The Morgan fingerprint density at radius 2 is 1.22 bits per heavy atom. The summed E-state index contributed by atoms with van der Waals surface area (Å²) in [6.45, 7) is 3.85. The summed E-state index contributed by atoms with van der Waals surface area (Å²) in [5, 5.41) is 1.43. The van der Waals surface area contributed by atoms with Gasteiger partial charge in [0.2, 0.25) is 0 Å². The minimum atomic E-state index is 0.713. The van der Waals surface area contributed by atoms with Gasteiger partial charge in [-0.05, 0) is 66.2 Å². The maximum absolute atomic E-state index is 6.03. The Kier molecular flexibility index (Phi) is 4.71. The van der Waals surface area contributed by atoms with Crippen LogP contribution in [0.1, 0.15) is 5.56 Å². The van der Waals surface area contributed by atoms with Crippen molar-refractivity contribution >= 4 is 46.3 Å². The average molecular weight is 340 g/mol. The fraction of sp³-hybridized carbons (Fsp3) is 0. The Balaban J connectivity index is 2.14. The topological polar surface area (TPSA) is 3.24 Å². The van der Waals surface area contributed by atoms with Crippen LogP contribution in [0.3, 0.4) is 0 Å². The van der Waals surface area contributed by atoms with Crippen LogP contribution in [-0.2, 0) is 0 Å². The minimum Gasteiger partial charge on any atom is -0.310 e. The molecule has 0 aliphatic rings. The van der Waals surface area contributed by atoms with Gasteiger partial charge in [0.25, 0.3) is 0 Å². The van der Waals surface area contributed by atoms with Crippen molar-refractivity contribution in [3.05, 3.63) is 95.0 Å². The van der Waals surface area contributed by atoms with Crippen molar-refractivity contribution in [1.29, 1.82) is 0 Å². The lowest BCUT2D eigenvalue weighted by molar-refractivity contribution is 1.28. The van der Waals surface area contributed by atoms with Gasteiger partial charge in [-0.1, -0.05) is 48.0 Å². The van der Waals surface area contributed by atoms with Crippen molar-refractivity contribution in [3.8, 4) is 0 Å². The van der Waals surface area contributed by atoms with Gasteiger partial charge < -0.3 is 4.90 Å². The summed E-state index contributed by atoms with van der Waals surface area (Å²) >= 11 is 12.1. The van der Waals surface area contributed by atoms with Gasteiger partial charge in [0.05, 0.1) is 0 Å². The zero-order valence-corrected chi connectivity index (χ0v) is 13.9. The van der Waals surface area contributed by atoms with E-state index in [0.29, 0.717) is 10.0 Å². The van der Waals surface area contributed by atoms with E-state index in [4.69, 9.17) is 23.2 Å². The SMILES string of the molecule is C=Cc1cccc(N(c2ccc(Cl)cc2)c2ccc(Cl)cc2)c1. The molecule has 1 nitrogen and oxygen atoms in total. The molecule has 0 aliphatic heterocycles. The first-order chi connectivity index (χ1) is 11.2. The van der Waals surface area contributed by atoms with Crippen LogP contribution in [0.2, 0.25) is 10.0 Å². The highest BCUT2D eigenvalue weighted by molar-refractivity contribution is 6.31. The predicted octanol–water partition coefficient (Wildman–Crippen LogP) is 7.11. The molecule has 0 bridgehead atoms. The highest BCUT2D eigenvalue weighted by atomic mass is 35.5. The number of hydrogen-bond acceptors (Lipinski definition) is 1. The van der Waals surface area contributed by atoms with E-state index in [1.165, 1.54) is 0 Å². The summed E-state index contributed by atoms with van der Waals surface area (Å²) in [5.74, 6) is 0. The molecule has 3 rings (SSSR count). The third-order valence-corrected chi connectivity index (χ3v) is 4.04. The molecule has 0 radical (unpaired) electrons. The van der Waals surface area contributed by atoms with Gasteiger partial charge in [-0.15, -0.1) is 0 Å². The molecule has 0 aliphatic carbocycles. The molecule has 3 heteroatoms. The molecule has 0 heterocycles. The second-order valence-electron chi connectivity index (χ2n) is 5.09. The first-order valence-corrected chi connectivity index (χ1v) is 7.97. The monoisotopic (exact) mass is 339 g/mol. The zero-order valence-electron chi connectivity index (χ0n) is 12.4. The molecule has 0 saturated heterocycles. The van der Waals surface area contributed by atoms with E-state index >= 15 is 0 Å². The molecule has 0 fully saturated rings. The highest BCUT2D eigenvalue weighted by Gasteiger charge is 2.12. The smallest absolute Gasteiger partial charge is 0.0467 e. The third kappa shape index (κ3) is 3.58. The summed E-state index contributed by atoms with van der Waals surface area (Å²) in [6.07, 6.45) is 1.84. The van der Waals surface area contributed by atoms with E-state index in [1.807, 2.05) is 66.7 Å². The fourth-order valence-corrected chi connectivity index (χ4v) is 2.67. The van der Waals surface area contributed by atoms with Crippen molar-refractivity contribution in [1.82, 2.24) is 0 Å². The summed E-state index contributed by atoms with van der Waals surface area (Å²) in [6, 6.07) is 23.7. The Labute approximate surface area is 146 Å². The van der Waals surface area contributed by atoms with Gasteiger partial charge in [0, 0.05) is 27.1 Å². The van der Waals surface area contributed by atoms with Crippen molar-refractivity contribution in [2.75, 3.05) is 4.90 Å². The average Bonchev–Trinajstić information content (AvgIpc) is 2.59. The first kappa shape index (κ1) is 15.7. The number of nitrogens with zero attached hydrogens (tertiary/aromatic N) is 1. The quantitative estimate of drug-likeness (QED) is 0.489. The lowest BCUT2D eigenvalue weighted by atomic mass is 10.1. The van der Waals surface area contributed by atoms with Crippen LogP contribution in [0.15, 0.2) is 79.4 Å². The highest BCUT2D eigenvalue weighted by Crippen LogP contribution is 2.35. The van der Waals surface area contributed by atoms with Crippen molar-refractivity contribution in [2.24, 2.45) is 0 Å². The number of benzene rings is 3. The minimum absolute atomic E-state index is 0.713. The van der Waals surface area contributed by atoms with E-state index in [-0.39, 0.29) is 0 Å². The number of halogens is 2. The third-order valence-electron chi connectivity index (χ3n) is 3.53. The lowest BCUT2D eigenvalue weighted by Gasteiger charge is -2.25. The number of anilines is 3. The van der Waals surface area contributed by atoms with Crippen LogP contribution in [0.4, 0.5) is 17.1 Å². The van der Waals surface area contributed by atoms with E-state index < -0.39 is 0 Å². The van der Waals surface area contributed by atoms with Crippen LogP contribution in [0.5, 0.6) is 0 Å². The summed E-state index contributed by atoms with van der Waals surface area (Å²) in [7, 11) is 0. The molecule has 23 heavy (non-hydrogen) atoms. The summed E-state index contributed by atoms with van der Waals surface area (Å²) < 4.78 is 0. The largest absolute Gasteiger partial charge is 0.310 e. The van der Waals surface area contributed by atoms with Gasteiger partial charge in [-0.2, -0.15) is 0 Å². The second kappa shape index (κ2) is 6.91. The van der Waals surface area contributed by atoms with Gasteiger partial charge in [0.1, 0.15) is 0 Å². The zero-order chi connectivity index (χ0) is 16.2. The molecular weight excluding hydrogens is 325 g/mol. The van der Waals surface area contributed by atoms with Crippen LogP contribution in [0, 0.1) is 0 Å². The second-order valence-corrected chi connectivity index (χ2v) is 5.96. The lowest BCUT2D eigenvalue weighted by Crippen LogP contribution is -2.09. The Morgan fingerprint density at radius 3 is 1.70 bits per heavy atom. The molecule has 0 atom stereocenters. The van der Waals surface area contributed by atoms with Crippen LogP contribution >= 0.6 is 23.2 Å². The first-order valence-electron chi connectivity index (χ1n) is 7.21. The number of hydrogen-bond donors (Lipinski definition) is 0. The molecular formula is C20H15Cl2N. The maximum Gasteiger partial charge on any atom is 0.0467 e. The Morgan fingerprint density at radius 1 is 0.696 bits per heavy atom.